The highest BCUT2D eigenvalue weighted by molar-refractivity contribution is 5.75. The van der Waals surface area contributed by atoms with E-state index in [0.717, 1.165) is 56.5 Å². The van der Waals surface area contributed by atoms with E-state index in [1.54, 1.807) is 0 Å². The monoisotopic (exact) mass is 279 g/mol. The lowest BCUT2D eigenvalue weighted by atomic mass is 9.73. The molecule has 0 aromatic carbocycles. The van der Waals surface area contributed by atoms with E-state index < -0.39 is 11.4 Å². The van der Waals surface area contributed by atoms with Gasteiger partial charge in [-0.25, -0.2) is 0 Å². The SMILES string of the molecule is CN(CC1CC2CCC1C2)CC1(C(=O)O)CCCCC1. The van der Waals surface area contributed by atoms with Crippen LogP contribution in [-0.4, -0.2) is 36.1 Å². The van der Waals surface area contributed by atoms with Gasteiger partial charge in [-0.15, -0.1) is 0 Å². The maximum Gasteiger partial charge on any atom is 0.310 e. The van der Waals surface area contributed by atoms with Gasteiger partial charge in [0.15, 0.2) is 0 Å². The highest BCUT2D eigenvalue weighted by atomic mass is 16.4. The van der Waals surface area contributed by atoms with Crippen molar-refractivity contribution in [2.75, 3.05) is 20.1 Å². The maximum absolute atomic E-state index is 11.7. The van der Waals surface area contributed by atoms with Gasteiger partial charge in [0.1, 0.15) is 0 Å². The number of carboxylic acids is 1. The first-order valence-electron chi connectivity index (χ1n) is 8.51. The average molecular weight is 279 g/mol. The van der Waals surface area contributed by atoms with Crippen LogP contribution in [0.4, 0.5) is 0 Å². The molecule has 2 bridgehead atoms. The van der Waals surface area contributed by atoms with E-state index in [1.165, 1.54) is 32.1 Å². The predicted molar refractivity (Wildman–Crippen MR) is 79.6 cm³/mol. The van der Waals surface area contributed by atoms with Gasteiger partial charge < -0.3 is 10.0 Å². The van der Waals surface area contributed by atoms with Crippen molar-refractivity contribution in [1.82, 2.24) is 4.90 Å². The third-order valence-corrected chi connectivity index (χ3v) is 6.27. The van der Waals surface area contributed by atoms with E-state index in [2.05, 4.69) is 11.9 Å². The maximum atomic E-state index is 11.7. The standard InChI is InChI=1S/C17H29NO2/c1-18(11-15-10-13-5-6-14(15)9-13)12-17(16(19)20)7-3-2-4-8-17/h13-15H,2-12H2,1H3,(H,19,20). The molecule has 3 atom stereocenters. The lowest BCUT2D eigenvalue weighted by Crippen LogP contribution is -2.44. The molecular formula is C17H29NO2. The molecule has 3 aliphatic rings. The molecule has 3 rings (SSSR count). The van der Waals surface area contributed by atoms with Crippen molar-refractivity contribution in [1.29, 1.82) is 0 Å². The van der Waals surface area contributed by atoms with Crippen LogP contribution in [0.15, 0.2) is 0 Å². The van der Waals surface area contributed by atoms with Crippen molar-refractivity contribution in [3.63, 3.8) is 0 Å². The van der Waals surface area contributed by atoms with Crippen LogP contribution < -0.4 is 0 Å². The molecule has 0 aromatic rings. The number of hydrogen-bond acceptors (Lipinski definition) is 2. The molecule has 20 heavy (non-hydrogen) atoms. The summed E-state index contributed by atoms with van der Waals surface area (Å²) in [5.74, 6) is 2.21. The van der Waals surface area contributed by atoms with E-state index in [1.807, 2.05) is 0 Å². The molecule has 0 radical (unpaired) electrons. The van der Waals surface area contributed by atoms with E-state index in [4.69, 9.17) is 0 Å². The van der Waals surface area contributed by atoms with Crippen LogP contribution in [0.3, 0.4) is 0 Å². The largest absolute Gasteiger partial charge is 0.481 e. The van der Waals surface area contributed by atoms with Crippen molar-refractivity contribution >= 4 is 5.97 Å². The van der Waals surface area contributed by atoms with Crippen LogP contribution in [0.5, 0.6) is 0 Å². The van der Waals surface area contributed by atoms with Crippen LogP contribution >= 0.6 is 0 Å². The van der Waals surface area contributed by atoms with Gasteiger partial charge >= 0.3 is 5.97 Å². The van der Waals surface area contributed by atoms with Crippen LogP contribution in [0.2, 0.25) is 0 Å². The Bertz CT molecular complexity index is 362. The lowest BCUT2D eigenvalue weighted by molar-refractivity contribution is -0.152. The molecule has 0 aliphatic heterocycles. The van der Waals surface area contributed by atoms with Crippen LogP contribution in [0.1, 0.15) is 57.8 Å². The molecule has 3 nitrogen and oxygen atoms in total. The second-order valence-electron chi connectivity index (χ2n) is 7.78. The summed E-state index contributed by atoms with van der Waals surface area (Å²) in [6, 6.07) is 0. The predicted octanol–water partition coefficient (Wildman–Crippen LogP) is 3.39. The van der Waals surface area contributed by atoms with Gasteiger partial charge in [-0.2, -0.15) is 0 Å². The lowest BCUT2D eigenvalue weighted by Gasteiger charge is -2.38. The van der Waals surface area contributed by atoms with E-state index in [0.29, 0.717) is 0 Å². The van der Waals surface area contributed by atoms with Gasteiger partial charge in [0.2, 0.25) is 0 Å². The zero-order chi connectivity index (χ0) is 14.2. The molecule has 0 heterocycles. The van der Waals surface area contributed by atoms with Crippen LogP contribution in [-0.2, 0) is 4.79 Å². The van der Waals surface area contributed by atoms with Crippen molar-refractivity contribution in [2.45, 2.75) is 57.8 Å². The number of hydrogen-bond donors (Lipinski definition) is 1. The Kier molecular flexibility index (Phi) is 4.07. The number of nitrogens with zero attached hydrogens (tertiary/aromatic N) is 1. The zero-order valence-corrected chi connectivity index (χ0v) is 12.8. The highest BCUT2D eigenvalue weighted by Crippen LogP contribution is 2.48. The first kappa shape index (κ1) is 14.4. The fourth-order valence-corrected chi connectivity index (χ4v) is 5.25. The highest BCUT2D eigenvalue weighted by Gasteiger charge is 2.43. The van der Waals surface area contributed by atoms with E-state index in [-0.39, 0.29) is 0 Å². The van der Waals surface area contributed by atoms with Crippen molar-refractivity contribution in [2.24, 2.45) is 23.2 Å². The molecule has 3 unspecified atom stereocenters. The topological polar surface area (TPSA) is 40.5 Å². The molecule has 3 heteroatoms. The molecule has 3 aliphatic carbocycles. The molecule has 3 saturated carbocycles. The van der Waals surface area contributed by atoms with Gasteiger partial charge in [0, 0.05) is 13.1 Å². The minimum atomic E-state index is -0.558. The summed E-state index contributed by atoms with van der Waals surface area (Å²) in [6.45, 7) is 1.88. The Balaban J connectivity index is 1.56. The van der Waals surface area contributed by atoms with Gasteiger partial charge in [-0.1, -0.05) is 25.7 Å². The summed E-state index contributed by atoms with van der Waals surface area (Å²) in [4.78, 5) is 14.1. The second kappa shape index (κ2) is 5.67. The average Bonchev–Trinajstić information content (AvgIpc) is 3.01. The fraction of sp³-hybridized carbons (Fsp3) is 0.941. The first-order chi connectivity index (χ1) is 9.59. The Morgan fingerprint density at radius 2 is 1.95 bits per heavy atom. The first-order valence-corrected chi connectivity index (χ1v) is 8.51. The summed E-state index contributed by atoms with van der Waals surface area (Å²) in [7, 11) is 2.14. The number of carbonyl (C=O) groups is 1. The zero-order valence-electron chi connectivity index (χ0n) is 12.8. The van der Waals surface area contributed by atoms with Gasteiger partial charge in [0.05, 0.1) is 5.41 Å². The van der Waals surface area contributed by atoms with Gasteiger partial charge in [-0.3, -0.25) is 4.79 Å². The molecule has 1 N–H and O–H groups in total. The summed E-state index contributed by atoms with van der Waals surface area (Å²) in [5, 5.41) is 9.68. The third kappa shape index (κ3) is 2.74. The molecule has 0 amide bonds. The number of carboxylic acid groups (broad SMARTS) is 1. The quantitative estimate of drug-likeness (QED) is 0.838. The summed E-state index contributed by atoms with van der Waals surface area (Å²) < 4.78 is 0. The van der Waals surface area contributed by atoms with Crippen molar-refractivity contribution in [3.05, 3.63) is 0 Å². The minimum absolute atomic E-state index is 0.454. The van der Waals surface area contributed by atoms with Crippen LogP contribution in [0.25, 0.3) is 0 Å². The van der Waals surface area contributed by atoms with Gasteiger partial charge in [0.25, 0.3) is 0 Å². The normalized spacial score (nSPS) is 35.6. The summed E-state index contributed by atoms with van der Waals surface area (Å²) in [5.41, 5.74) is -0.454. The number of aliphatic carboxylic acids is 1. The molecule has 0 saturated heterocycles. The second-order valence-corrected chi connectivity index (χ2v) is 7.78. The molecule has 3 fully saturated rings. The van der Waals surface area contributed by atoms with E-state index >= 15 is 0 Å². The Morgan fingerprint density at radius 1 is 1.20 bits per heavy atom. The molecule has 114 valence electrons. The Labute approximate surface area is 122 Å². The fourth-order valence-electron chi connectivity index (χ4n) is 5.25. The molecular weight excluding hydrogens is 250 g/mol. The van der Waals surface area contributed by atoms with Crippen molar-refractivity contribution < 1.29 is 9.90 Å². The van der Waals surface area contributed by atoms with Crippen molar-refractivity contribution in [3.8, 4) is 0 Å². The van der Waals surface area contributed by atoms with Gasteiger partial charge in [-0.05, 0) is 56.9 Å². The molecule has 0 aromatic heterocycles. The Hall–Kier alpha value is -0.570. The number of rotatable bonds is 5. The van der Waals surface area contributed by atoms with E-state index in [9.17, 15) is 9.90 Å². The summed E-state index contributed by atoms with van der Waals surface area (Å²) >= 11 is 0. The van der Waals surface area contributed by atoms with Crippen LogP contribution in [0, 0.1) is 23.2 Å². The molecule has 0 spiro atoms. The minimum Gasteiger partial charge on any atom is -0.481 e. The smallest absolute Gasteiger partial charge is 0.310 e. The number of fused-ring (bicyclic) bond motifs is 2. The summed E-state index contributed by atoms with van der Waals surface area (Å²) in [6.07, 6.45) is 10.9. The Morgan fingerprint density at radius 3 is 2.50 bits per heavy atom. The third-order valence-electron chi connectivity index (χ3n) is 6.27.